The Morgan fingerprint density at radius 3 is 2.59 bits per heavy atom. The smallest absolute Gasteiger partial charge is 0.123 e. The molecule has 4 aromatic rings. The molecule has 0 bridgehead atoms. The summed E-state index contributed by atoms with van der Waals surface area (Å²) in [4.78, 5) is 4.44. The molecule has 1 aliphatic carbocycles. The maximum Gasteiger partial charge on any atom is 0.123 e. The molecule has 2 heterocycles. The van der Waals surface area contributed by atoms with Gasteiger partial charge in [-0.25, -0.2) is 4.39 Å². The number of benzene rings is 3. The number of nitrogens with zero attached hydrogens (tertiary/aromatic N) is 4. The van der Waals surface area contributed by atoms with E-state index in [1.165, 1.54) is 18.3 Å². The zero-order valence-electron chi connectivity index (χ0n) is 22.8. The van der Waals surface area contributed by atoms with Gasteiger partial charge in [-0.15, -0.1) is 5.53 Å². The van der Waals surface area contributed by atoms with Crippen LogP contribution in [0.5, 0.6) is 0 Å². The lowest BCUT2D eigenvalue weighted by Crippen LogP contribution is -2.38. The lowest BCUT2D eigenvalue weighted by atomic mass is 10.0. The summed E-state index contributed by atoms with van der Waals surface area (Å²) in [5.74, 6) is -0.405. The molecule has 0 saturated heterocycles. The van der Waals surface area contributed by atoms with E-state index in [0.29, 0.717) is 44.6 Å². The number of hydrazine groups is 2. The van der Waals surface area contributed by atoms with E-state index < -0.39 is 17.9 Å². The minimum Gasteiger partial charge on any atom is -0.376 e. The molecule has 1 saturated carbocycles. The van der Waals surface area contributed by atoms with Crippen LogP contribution in [-0.2, 0) is 0 Å². The van der Waals surface area contributed by atoms with Crippen molar-refractivity contribution in [3.63, 3.8) is 0 Å². The highest BCUT2D eigenvalue weighted by molar-refractivity contribution is 6.35. The molecule has 2 aliphatic rings. The summed E-state index contributed by atoms with van der Waals surface area (Å²) in [5.41, 5.74) is 9.82. The average Bonchev–Trinajstić information content (AvgIpc) is 3.73. The van der Waals surface area contributed by atoms with E-state index >= 15 is 0 Å². The van der Waals surface area contributed by atoms with Gasteiger partial charge in [-0.05, 0) is 48.2 Å². The van der Waals surface area contributed by atoms with Gasteiger partial charge in [-0.2, -0.15) is 10.5 Å². The van der Waals surface area contributed by atoms with Crippen molar-refractivity contribution < 1.29 is 5.76 Å². The van der Waals surface area contributed by atoms with Crippen molar-refractivity contribution in [3.05, 3.63) is 112 Å². The summed E-state index contributed by atoms with van der Waals surface area (Å²) in [5, 5.41) is 29.0. The first-order valence-electron chi connectivity index (χ1n) is 13.7. The molecule has 0 radical (unpaired) electrons. The number of rotatable bonds is 9. The van der Waals surface area contributed by atoms with E-state index in [0.717, 1.165) is 18.4 Å². The summed E-state index contributed by atoms with van der Waals surface area (Å²) in [6.45, 7) is 0. The number of aromatic nitrogens is 1. The van der Waals surface area contributed by atoms with E-state index in [9.17, 15) is 16.3 Å². The number of hydrogen-bond donors (Lipinski definition) is 4. The second-order valence-corrected chi connectivity index (χ2v) is 10.3. The predicted molar refractivity (Wildman–Crippen MR) is 156 cm³/mol. The summed E-state index contributed by atoms with van der Waals surface area (Å²) in [7, 11) is 0. The van der Waals surface area contributed by atoms with Gasteiger partial charge in [0.25, 0.3) is 0 Å². The van der Waals surface area contributed by atoms with Crippen molar-refractivity contribution in [2.45, 2.75) is 37.4 Å². The second-order valence-electron chi connectivity index (χ2n) is 9.91. The Morgan fingerprint density at radius 1 is 1.10 bits per heavy atom. The van der Waals surface area contributed by atoms with E-state index in [4.69, 9.17) is 11.6 Å². The fraction of sp³-hybridized carbons (Fsp3) is 0.194. The van der Waals surface area contributed by atoms with E-state index in [1.807, 2.05) is 41.5 Å². The Labute approximate surface area is 243 Å². The molecule has 0 unspecified atom stereocenters. The second kappa shape index (κ2) is 11.3. The van der Waals surface area contributed by atoms with Crippen molar-refractivity contribution in [1.82, 2.24) is 21.0 Å². The first-order chi connectivity index (χ1) is 20.4. The number of nitriles is 2. The van der Waals surface area contributed by atoms with Crippen LogP contribution in [0.15, 0.2) is 84.8 Å². The fourth-order valence-corrected chi connectivity index (χ4v) is 5.10. The van der Waals surface area contributed by atoms with Gasteiger partial charge in [-0.1, -0.05) is 54.1 Å². The van der Waals surface area contributed by atoms with Gasteiger partial charge in [-0.3, -0.25) is 9.99 Å². The van der Waals surface area contributed by atoms with Crippen molar-refractivity contribution in [2.75, 3.05) is 10.6 Å². The van der Waals surface area contributed by atoms with Crippen LogP contribution < -0.4 is 21.6 Å². The molecule has 41 heavy (non-hydrogen) atoms. The van der Waals surface area contributed by atoms with Crippen LogP contribution in [0.25, 0.3) is 10.9 Å². The van der Waals surface area contributed by atoms with Crippen LogP contribution >= 0.6 is 11.6 Å². The molecule has 10 heteroatoms. The first-order valence-corrected chi connectivity index (χ1v) is 13.5. The largest absolute Gasteiger partial charge is 0.376 e. The normalized spacial score (nSPS) is 16.9. The Kier molecular flexibility index (Phi) is 6.96. The first kappa shape index (κ1) is 25.2. The third kappa shape index (κ3) is 5.59. The number of pyridine rings is 1. The van der Waals surface area contributed by atoms with Crippen LogP contribution in [-0.4, -0.2) is 16.0 Å². The molecule has 1 fully saturated rings. The van der Waals surface area contributed by atoms with E-state index in [1.54, 1.807) is 24.3 Å². The predicted octanol–water partition coefficient (Wildman–Crippen LogP) is 6.45. The van der Waals surface area contributed by atoms with Gasteiger partial charge in [0.2, 0.25) is 0 Å². The SMILES string of the molecule is [2H][C@](Nc1cc(Cl)c2ncc(C#N)c(N[C@H](CC#N)c3ccccc3)c2c1)(C1=CN(C2CC2)NN1)c1ccc(F)cc1. The number of nitrogens with one attached hydrogen (secondary N) is 4. The lowest BCUT2D eigenvalue weighted by molar-refractivity contribution is 0.260. The highest BCUT2D eigenvalue weighted by atomic mass is 35.5. The van der Waals surface area contributed by atoms with Gasteiger partial charge in [0.1, 0.15) is 11.9 Å². The summed E-state index contributed by atoms with van der Waals surface area (Å²) in [6.07, 6.45) is 5.56. The zero-order chi connectivity index (χ0) is 29.3. The van der Waals surface area contributed by atoms with Gasteiger partial charge < -0.3 is 16.1 Å². The van der Waals surface area contributed by atoms with E-state index in [-0.39, 0.29) is 12.0 Å². The van der Waals surface area contributed by atoms with Crippen LogP contribution in [0.4, 0.5) is 15.8 Å². The summed E-state index contributed by atoms with van der Waals surface area (Å²) >= 11 is 6.75. The molecule has 2 atom stereocenters. The van der Waals surface area contributed by atoms with Gasteiger partial charge in [0, 0.05) is 29.5 Å². The minimum absolute atomic E-state index is 0.162. The Balaban J connectivity index is 1.45. The molecule has 3 aromatic carbocycles. The monoisotopic (exact) mass is 565 g/mol. The molecule has 0 amide bonds. The highest BCUT2D eigenvalue weighted by Gasteiger charge is 2.32. The molecule has 0 spiro atoms. The van der Waals surface area contributed by atoms with Gasteiger partial charge in [0.05, 0.1) is 53.4 Å². The molecular weight excluding hydrogens is 539 g/mol. The van der Waals surface area contributed by atoms with Crippen LogP contribution in [0.2, 0.25) is 5.02 Å². The number of anilines is 2. The molecule has 1 aromatic heterocycles. The molecule has 1 aliphatic heterocycles. The topological polar surface area (TPSA) is 112 Å². The molecule has 204 valence electrons. The Morgan fingerprint density at radius 2 is 1.88 bits per heavy atom. The van der Waals surface area contributed by atoms with Gasteiger partial charge in [0.15, 0.2) is 0 Å². The molecular formula is C31H26ClFN8. The Hall–Kier alpha value is -4.83. The highest BCUT2D eigenvalue weighted by Crippen LogP contribution is 2.38. The maximum atomic E-state index is 13.9. The summed E-state index contributed by atoms with van der Waals surface area (Å²) in [6, 6.07) is 21.5. The maximum absolute atomic E-state index is 13.9. The number of halogens is 2. The fourth-order valence-electron chi connectivity index (χ4n) is 4.84. The number of hydrogen-bond acceptors (Lipinski definition) is 8. The van der Waals surface area contributed by atoms with Crippen LogP contribution in [0, 0.1) is 28.5 Å². The lowest BCUT2D eigenvalue weighted by Gasteiger charge is -2.23. The summed E-state index contributed by atoms with van der Waals surface area (Å²) < 4.78 is 23.5. The average molecular weight is 566 g/mol. The molecule has 6 rings (SSSR count). The molecule has 8 nitrogen and oxygen atoms in total. The Bertz CT molecular complexity index is 1750. The minimum atomic E-state index is -1.57. The van der Waals surface area contributed by atoms with Crippen LogP contribution in [0.3, 0.4) is 0 Å². The quantitative estimate of drug-likeness (QED) is 0.183. The van der Waals surface area contributed by atoms with Crippen LogP contribution in [0.1, 0.15) is 49.4 Å². The third-order valence-electron chi connectivity index (χ3n) is 7.06. The number of fused-ring (bicyclic) bond motifs is 1. The van der Waals surface area contributed by atoms with Crippen molar-refractivity contribution in [1.29, 1.82) is 10.5 Å². The standard InChI is InChI=1S/C31H26ClFN8/c32-26-15-23(37-30(20-6-8-22(33)9-7-20)28-18-41(40-39-28)24-10-11-24)14-25-29(21(16-35)17-36-31(25)26)38-27(12-13-34)19-4-2-1-3-5-19/h1-9,14-15,17-18,24,27,30,37,39-40H,10-12H2,(H,36,38)/t27-,30-/m1/s1/i30D. The van der Waals surface area contributed by atoms with Crippen molar-refractivity contribution in [2.24, 2.45) is 0 Å². The molecule has 4 N–H and O–H groups in total. The third-order valence-corrected chi connectivity index (χ3v) is 7.35. The van der Waals surface area contributed by atoms with Gasteiger partial charge >= 0.3 is 0 Å². The van der Waals surface area contributed by atoms with Crippen molar-refractivity contribution in [3.8, 4) is 12.1 Å². The van der Waals surface area contributed by atoms with Crippen molar-refractivity contribution >= 4 is 33.9 Å². The van der Waals surface area contributed by atoms with E-state index in [2.05, 4.69) is 38.7 Å². The zero-order valence-corrected chi connectivity index (χ0v) is 22.6.